The summed E-state index contributed by atoms with van der Waals surface area (Å²) in [4.78, 5) is 25.2. The highest BCUT2D eigenvalue weighted by Crippen LogP contribution is 2.14. The van der Waals surface area contributed by atoms with Crippen molar-refractivity contribution < 1.29 is 14.3 Å². The van der Waals surface area contributed by atoms with Gasteiger partial charge in [0.05, 0.1) is 6.61 Å². The first kappa shape index (κ1) is 8.26. The fraction of sp³-hybridized carbons (Fsp3) is 0.500. The van der Waals surface area contributed by atoms with Gasteiger partial charge in [0.1, 0.15) is 6.54 Å². The molecule has 11 heavy (non-hydrogen) atoms. The number of rotatable bonds is 2. The Kier molecular flexibility index (Phi) is 2.64. The molecule has 0 aromatic carbocycles. The summed E-state index contributed by atoms with van der Waals surface area (Å²) in [7, 11) is 0. The fourth-order valence-corrected chi connectivity index (χ4v) is 1.22. The van der Waals surface area contributed by atoms with Crippen LogP contribution in [0.3, 0.4) is 0 Å². The Labute approximate surface area is 68.0 Å². The molecule has 0 atom stereocenters. The monoisotopic (exact) mass is 173 g/mol. The van der Waals surface area contributed by atoms with Crippen LogP contribution < -0.4 is 0 Å². The summed E-state index contributed by atoms with van der Waals surface area (Å²) < 4.78 is 4.63. The summed E-state index contributed by atoms with van der Waals surface area (Å²) in [6.45, 7) is 2.12. The van der Waals surface area contributed by atoms with Crippen molar-refractivity contribution in [3.63, 3.8) is 0 Å². The van der Waals surface area contributed by atoms with Gasteiger partial charge in [0.25, 0.3) is 0 Å². The van der Waals surface area contributed by atoms with Crippen LogP contribution in [-0.4, -0.2) is 29.3 Å². The van der Waals surface area contributed by atoms with Crippen molar-refractivity contribution in [3.8, 4) is 0 Å². The Hall–Kier alpha value is -0.840. The molecule has 0 bridgehead atoms. The molecule has 0 fully saturated rings. The van der Waals surface area contributed by atoms with Crippen molar-refractivity contribution in [2.45, 2.75) is 6.92 Å². The molecule has 4 nitrogen and oxygen atoms in total. The highest BCUT2D eigenvalue weighted by atomic mass is 32.2. The third-order valence-corrected chi connectivity index (χ3v) is 1.86. The molecule has 0 aliphatic carbocycles. The summed E-state index contributed by atoms with van der Waals surface area (Å²) in [5.74, 6) is -0.497. The molecule has 0 N–H and O–H groups in total. The summed E-state index contributed by atoms with van der Waals surface area (Å²) >= 11 is 0.850. The molecule has 0 aromatic rings. The Morgan fingerprint density at radius 3 is 3.00 bits per heavy atom. The molecule has 0 unspecified atom stereocenters. The molecule has 0 saturated carbocycles. The van der Waals surface area contributed by atoms with Gasteiger partial charge in [-0.05, 0) is 18.7 Å². The van der Waals surface area contributed by atoms with Crippen molar-refractivity contribution in [3.05, 3.63) is 0 Å². The molecule has 1 heterocycles. The highest BCUT2D eigenvalue weighted by molar-refractivity contribution is 8.28. The van der Waals surface area contributed by atoms with Crippen LogP contribution in [0.5, 0.6) is 0 Å². The second-order valence-electron chi connectivity index (χ2n) is 1.82. The number of esters is 1. The van der Waals surface area contributed by atoms with E-state index in [2.05, 4.69) is 9.73 Å². The summed E-state index contributed by atoms with van der Waals surface area (Å²) in [5, 5.41) is 0.0740. The van der Waals surface area contributed by atoms with E-state index in [4.69, 9.17) is 0 Å². The molecular weight excluding hydrogens is 166 g/mol. The van der Waals surface area contributed by atoms with Crippen LogP contribution in [0.15, 0.2) is 4.99 Å². The smallest absolute Gasteiger partial charge is 0.363 e. The third kappa shape index (κ3) is 2.04. The first-order valence-corrected chi connectivity index (χ1v) is 3.98. The molecule has 1 aliphatic rings. The second kappa shape index (κ2) is 3.52. The molecule has 0 spiro atoms. The second-order valence-corrected chi connectivity index (χ2v) is 2.86. The zero-order valence-corrected chi connectivity index (χ0v) is 6.81. The first-order chi connectivity index (χ1) is 5.24. The predicted molar refractivity (Wildman–Crippen MR) is 41.5 cm³/mol. The van der Waals surface area contributed by atoms with Gasteiger partial charge >= 0.3 is 5.97 Å². The van der Waals surface area contributed by atoms with E-state index in [0.717, 1.165) is 11.8 Å². The van der Waals surface area contributed by atoms with Crippen molar-refractivity contribution >= 4 is 27.9 Å². The SMILES string of the molecule is CCOC(=O)C1=NCC(=O)S1. The topological polar surface area (TPSA) is 55.7 Å². The van der Waals surface area contributed by atoms with Gasteiger partial charge in [0.2, 0.25) is 5.12 Å². The Morgan fingerprint density at radius 2 is 2.55 bits per heavy atom. The van der Waals surface area contributed by atoms with E-state index < -0.39 is 5.97 Å². The van der Waals surface area contributed by atoms with E-state index in [1.54, 1.807) is 6.92 Å². The summed E-state index contributed by atoms with van der Waals surface area (Å²) in [6.07, 6.45) is 0. The first-order valence-electron chi connectivity index (χ1n) is 3.16. The van der Waals surface area contributed by atoms with Crippen LogP contribution in [0.2, 0.25) is 0 Å². The van der Waals surface area contributed by atoms with Crippen LogP contribution in [-0.2, 0) is 14.3 Å². The number of ether oxygens (including phenoxy) is 1. The number of carbonyl (C=O) groups excluding carboxylic acids is 2. The fourth-order valence-electron chi connectivity index (χ4n) is 0.608. The Bertz CT molecular complexity index is 224. The van der Waals surface area contributed by atoms with Gasteiger partial charge in [0.15, 0.2) is 5.04 Å². The number of aliphatic imine (C=N–C) groups is 1. The number of hydrogen-bond acceptors (Lipinski definition) is 5. The van der Waals surface area contributed by atoms with Gasteiger partial charge in [-0.2, -0.15) is 0 Å². The Morgan fingerprint density at radius 1 is 1.82 bits per heavy atom. The zero-order chi connectivity index (χ0) is 8.27. The largest absolute Gasteiger partial charge is 0.461 e. The van der Waals surface area contributed by atoms with Crippen molar-refractivity contribution in [1.29, 1.82) is 0 Å². The maximum absolute atomic E-state index is 10.9. The molecule has 0 aromatic heterocycles. The van der Waals surface area contributed by atoms with Gasteiger partial charge in [-0.3, -0.25) is 9.79 Å². The summed E-state index contributed by atoms with van der Waals surface area (Å²) in [6, 6.07) is 0. The summed E-state index contributed by atoms with van der Waals surface area (Å²) in [5.41, 5.74) is 0. The van der Waals surface area contributed by atoms with E-state index in [-0.39, 0.29) is 16.7 Å². The van der Waals surface area contributed by atoms with Crippen molar-refractivity contribution in [2.24, 2.45) is 4.99 Å². The minimum absolute atomic E-state index is 0.0960. The molecule has 0 radical (unpaired) electrons. The minimum Gasteiger partial charge on any atom is -0.461 e. The molecular formula is C6H7NO3S. The third-order valence-electron chi connectivity index (χ3n) is 1.01. The normalized spacial score (nSPS) is 16.5. The molecule has 60 valence electrons. The van der Waals surface area contributed by atoms with Crippen molar-refractivity contribution in [1.82, 2.24) is 0 Å². The van der Waals surface area contributed by atoms with E-state index in [1.807, 2.05) is 0 Å². The standard InChI is InChI=1S/C6H7NO3S/c1-2-10-6(9)5-7-3-4(8)11-5/h2-3H2,1H3. The predicted octanol–water partition coefficient (Wildman–Crippen LogP) is 0.221. The van der Waals surface area contributed by atoms with Crippen LogP contribution in [0, 0.1) is 0 Å². The lowest BCUT2D eigenvalue weighted by molar-refractivity contribution is -0.134. The lowest BCUT2D eigenvalue weighted by Gasteiger charge is -1.97. The number of carbonyl (C=O) groups is 2. The van der Waals surface area contributed by atoms with Crippen LogP contribution in [0.4, 0.5) is 0 Å². The zero-order valence-electron chi connectivity index (χ0n) is 5.99. The Balaban J connectivity index is 2.49. The molecule has 0 amide bonds. The van der Waals surface area contributed by atoms with Gasteiger partial charge < -0.3 is 4.74 Å². The quantitative estimate of drug-likeness (QED) is 0.560. The minimum atomic E-state index is -0.497. The highest BCUT2D eigenvalue weighted by Gasteiger charge is 2.22. The average Bonchev–Trinajstić information content (AvgIpc) is 2.36. The van der Waals surface area contributed by atoms with E-state index in [9.17, 15) is 9.59 Å². The molecule has 0 saturated heterocycles. The molecule has 5 heteroatoms. The van der Waals surface area contributed by atoms with Gasteiger partial charge in [0, 0.05) is 0 Å². The molecule has 1 aliphatic heterocycles. The maximum Gasteiger partial charge on any atom is 0.363 e. The van der Waals surface area contributed by atoms with Gasteiger partial charge in [-0.25, -0.2) is 4.79 Å². The van der Waals surface area contributed by atoms with Crippen molar-refractivity contribution in [2.75, 3.05) is 13.2 Å². The van der Waals surface area contributed by atoms with Crippen LogP contribution >= 0.6 is 11.8 Å². The van der Waals surface area contributed by atoms with E-state index >= 15 is 0 Å². The van der Waals surface area contributed by atoms with Crippen LogP contribution in [0.1, 0.15) is 6.92 Å². The lowest BCUT2D eigenvalue weighted by Crippen LogP contribution is -2.12. The van der Waals surface area contributed by atoms with Gasteiger partial charge in [-0.15, -0.1) is 0 Å². The lowest BCUT2D eigenvalue weighted by atomic mass is 10.7. The van der Waals surface area contributed by atoms with E-state index in [1.165, 1.54) is 0 Å². The number of hydrogen-bond donors (Lipinski definition) is 0. The number of thioether (sulfide) groups is 1. The van der Waals surface area contributed by atoms with Crippen LogP contribution in [0.25, 0.3) is 0 Å². The average molecular weight is 173 g/mol. The van der Waals surface area contributed by atoms with E-state index in [0.29, 0.717) is 6.61 Å². The number of nitrogens with zero attached hydrogens (tertiary/aromatic N) is 1. The maximum atomic E-state index is 10.9. The molecule has 1 rings (SSSR count). The van der Waals surface area contributed by atoms with Gasteiger partial charge in [-0.1, -0.05) is 0 Å².